The Balaban J connectivity index is 3.25. The van der Waals surface area contributed by atoms with Gasteiger partial charge in [-0.05, 0) is 0 Å². The first-order valence-electron chi connectivity index (χ1n) is 4.00. The smallest absolute Gasteiger partial charge is 0.358 e. The minimum atomic E-state index is -0.624. The van der Waals surface area contributed by atoms with E-state index in [9.17, 15) is 4.79 Å². The molecular weight excluding hydrogens is 222 g/mol. The highest BCUT2D eigenvalue weighted by Gasteiger charge is 2.17. The van der Waals surface area contributed by atoms with Gasteiger partial charge in [-0.15, -0.1) is 0 Å². The predicted molar refractivity (Wildman–Crippen MR) is 53.7 cm³/mol. The van der Waals surface area contributed by atoms with Crippen LogP contribution in [0.4, 0.5) is 0 Å². The number of pyridine rings is 1. The second-order valence-electron chi connectivity index (χ2n) is 2.52. The number of carbonyl (C=O) groups excluding carboxylic acids is 1. The normalized spacial score (nSPS) is 9.60. The molecule has 0 atom stereocenters. The highest BCUT2D eigenvalue weighted by molar-refractivity contribution is 6.33. The third-order valence-electron chi connectivity index (χ3n) is 1.70. The molecule has 0 aliphatic heterocycles. The van der Waals surface area contributed by atoms with Gasteiger partial charge in [0.1, 0.15) is 0 Å². The van der Waals surface area contributed by atoms with E-state index < -0.39 is 5.97 Å². The van der Waals surface area contributed by atoms with Crippen molar-refractivity contribution in [3.05, 3.63) is 16.8 Å². The molecule has 0 spiro atoms. The summed E-state index contributed by atoms with van der Waals surface area (Å²) in [5, 5.41) is 0.152. The molecule has 0 saturated heterocycles. The molecule has 1 heterocycles. The second kappa shape index (κ2) is 4.84. The van der Waals surface area contributed by atoms with Crippen LogP contribution in [0.5, 0.6) is 11.6 Å². The molecule has 6 heteroatoms. The van der Waals surface area contributed by atoms with Crippen molar-refractivity contribution in [3.8, 4) is 11.6 Å². The lowest BCUT2D eigenvalue weighted by Gasteiger charge is -2.08. The number of ether oxygens (including phenoxy) is 3. The first-order chi connectivity index (χ1) is 7.13. The monoisotopic (exact) mass is 231 g/mol. The number of carbonyl (C=O) groups is 1. The van der Waals surface area contributed by atoms with Crippen LogP contribution in [-0.4, -0.2) is 32.3 Å². The Morgan fingerprint density at radius 1 is 1.33 bits per heavy atom. The number of nitrogens with zero attached hydrogens (tertiary/aromatic N) is 1. The minimum Gasteiger partial charge on any atom is -0.491 e. The lowest BCUT2D eigenvalue weighted by atomic mass is 10.3. The van der Waals surface area contributed by atoms with E-state index in [1.54, 1.807) is 0 Å². The van der Waals surface area contributed by atoms with E-state index in [1.165, 1.54) is 27.4 Å². The van der Waals surface area contributed by atoms with E-state index in [2.05, 4.69) is 9.72 Å². The van der Waals surface area contributed by atoms with Crippen LogP contribution >= 0.6 is 11.6 Å². The van der Waals surface area contributed by atoms with Gasteiger partial charge >= 0.3 is 5.97 Å². The van der Waals surface area contributed by atoms with Crippen LogP contribution in [0.3, 0.4) is 0 Å². The van der Waals surface area contributed by atoms with Crippen molar-refractivity contribution in [2.75, 3.05) is 21.3 Å². The van der Waals surface area contributed by atoms with Crippen LogP contribution < -0.4 is 9.47 Å². The van der Waals surface area contributed by atoms with Crippen LogP contribution in [-0.2, 0) is 4.74 Å². The molecule has 15 heavy (non-hydrogen) atoms. The molecule has 0 saturated carbocycles. The van der Waals surface area contributed by atoms with E-state index in [1.807, 2.05) is 0 Å². The number of halogens is 1. The molecule has 0 aromatic carbocycles. The Kier molecular flexibility index (Phi) is 3.74. The Hall–Kier alpha value is -1.49. The summed E-state index contributed by atoms with van der Waals surface area (Å²) in [5.74, 6) is -0.0848. The molecule has 0 radical (unpaired) electrons. The summed E-state index contributed by atoms with van der Waals surface area (Å²) in [5.41, 5.74) is -0.00295. The topological polar surface area (TPSA) is 57.7 Å². The maximum absolute atomic E-state index is 11.2. The van der Waals surface area contributed by atoms with Crippen molar-refractivity contribution in [3.63, 3.8) is 0 Å². The van der Waals surface area contributed by atoms with Gasteiger partial charge in [-0.1, -0.05) is 11.6 Å². The standard InChI is InChI=1S/C9H10ClNO4/c1-13-6-4-5(10)7(9(12)15-3)11-8(6)14-2/h4H,1-3H3. The van der Waals surface area contributed by atoms with Gasteiger partial charge in [-0.25, -0.2) is 9.78 Å². The molecule has 0 aliphatic rings. The third-order valence-corrected chi connectivity index (χ3v) is 1.99. The summed E-state index contributed by atoms with van der Waals surface area (Å²) in [7, 11) is 4.12. The molecule has 0 N–H and O–H groups in total. The fraction of sp³-hybridized carbons (Fsp3) is 0.333. The Morgan fingerprint density at radius 3 is 2.47 bits per heavy atom. The molecule has 0 aliphatic carbocycles. The van der Waals surface area contributed by atoms with E-state index in [4.69, 9.17) is 21.1 Å². The lowest BCUT2D eigenvalue weighted by Crippen LogP contribution is -2.07. The molecule has 0 bridgehead atoms. The van der Waals surface area contributed by atoms with Gasteiger partial charge in [0.2, 0.25) is 0 Å². The molecule has 1 aromatic heterocycles. The van der Waals surface area contributed by atoms with Crippen LogP contribution in [0.25, 0.3) is 0 Å². The van der Waals surface area contributed by atoms with Crippen molar-refractivity contribution >= 4 is 17.6 Å². The first kappa shape index (κ1) is 11.6. The predicted octanol–water partition coefficient (Wildman–Crippen LogP) is 1.54. The number of esters is 1. The molecule has 0 unspecified atom stereocenters. The van der Waals surface area contributed by atoms with Crippen LogP contribution in [0.1, 0.15) is 10.5 Å². The summed E-state index contributed by atoms with van der Waals surface area (Å²) < 4.78 is 14.4. The maximum atomic E-state index is 11.2. The van der Waals surface area contributed by atoms with Crippen molar-refractivity contribution in [1.82, 2.24) is 4.98 Å². The Morgan fingerprint density at radius 2 is 2.00 bits per heavy atom. The van der Waals surface area contributed by atoms with Crippen LogP contribution in [0.2, 0.25) is 5.02 Å². The number of aromatic nitrogens is 1. The fourth-order valence-corrected chi connectivity index (χ4v) is 1.21. The molecule has 0 amide bonds. The molecule has 5 nitrogen and oxygen atoms in total. The highest BCUT2D eigenvalue weighted by atomic mass is 35.5. The first-order valence-corrected chi connectivity index (χ1v) is 4.38. The van der Waals surface area contributed by atoms with E-state index in [0.29, 0.717) is 5.75 Å². The average molecular weight is 232 g/mol. The number of methoxy groups -OCH3 is 3. The zero-order valence-corrected chi connectivity index (χ0v) is 9.29. The van der Waals surface area contributed by atoms with Gasteiger partial charge in [0.15, 0.2) is 11.4 Å². The second-order valence-corrected chi connectivity index (χ2v) is 2.93. The number of rotatable bonds is 3. The highest BCUT2D eigenvalue weighted by Crippen LogP contribution is 2.29. The third kappa shape index (κ3) is 2.30. The zero-order valence-electron chi connectivity index (χ0n) is 8.54. The van der Waals surface area contributed by atoms with Crippen LogP contribution in [0, 0.1) is 0 Å². The average Bonchev–Trinajstić information content (AvgIpc) is 2.27. The molecule has 0 fully saturated rings. The fourth-order valence-electron chi connectivity index (χ4n) is 0.988. The van der Waals surface area contributed by atoms with Crippen LogP contribution in [0.15, 0.2) is 6.07 Å². The summed E-state index contributed by atoms with van der Waals surface area (Å²) in [4.78, 5) is 15.1. The van der Waals surface area contributed by atoms with E-state index in [0.717, 1.165) is 0 Å². The summed E-state index contributed by atoms with van der Waals surface area (Å²) in [6.45, 7) is 0. The van der Waals surface area contributed by atoms with Crippen molar-refractivity contribution in [2.24, 2.45) is 0 Å². The number of hydrogen-bond donors (Lipinski definition) is 0. The van der Waals surface area contributed by atoms with Gasteiger partial charge in [-0.2, -0.15) is 0 Å². The summed E-state index contributed by atoms with van der Waals surface area (Å²) in [6.07, 6.45) is 0. The summed E-state index contributed by atoms with van der Waals surface area (Å²) in [6, 6.07) is 1.44. The molecule has 1 aromatic rings. The van der Waals surface area contributed by atoms with Gasteiger partial charge in [-0.3, -0.25) is 0 Å². The zero-order chi connectivity index (χ0) is 11.4. The van der Waals surface area contributed by atoms with Gasteiger partial charge in [0.25, 0.3) is 5.88 Å². The molecule has 82 valence electrons. The Labute approximate surface area is 91.9 Å². The van der Waals surface area contributed by atoms with Gasteiger partial charge < -0.3 is 14.2 Å². The van der Waals surface area contributed by atoms with Crippen molar-refractivity contribution in [1.29, 1.82) is 0 Å². The van der Waals surface area contributed by atoms with Gasteiger partial charge in [0, 0.05) is 6.07 Å². The Bertz CT molecular complexity index is 381. The molecular formula is C9H10ClNO4. The van der Waals surface area contributed by atoms with Gasteiger partial charge in [0.05, 0.1) is 26.4 Å². The maximum Gasteiger partial charge on any atom is 0.358 e. The number of hydrogen-bond acceptors (Lipinski definition) is 5. The quantitative estimate of drug-likeness (QED) is 0.739. The summed E-state index contributed by atoms with van der Waals surface area (Å²) >= 11 is 5.81. The minimum absolute atomic E-state index is 0.00295. The molecule has 1 rings (SSSR count). The van der Waals surface area contributed by atoms with Crippen molar-refractivity contribution < 1.29 is 19.0 Å². The lowest BCUT2D eigenvalue weighted by molar-refractivity contribution is 0.0593. The SMILES string of the molecule is COC(=O)c1nc(OC)c(OC)cc1Cl. The largest absolute Gasteiger partial charge is 0.491 e. The van der Waals surface area contributed by atoms with E-state index >= 15 is 0 Å². The van der Waals surface area contributed by atoms with Crippen molar-refractivity contribution in [2.45, 2.75) is 0 Å². The van der Waals surface area contributed by atoms with E-state index in [-0.39, 0.29) is 16.6 Å².